The van der Waals surface area contributed by atoms with Gasteiger partial charge in [0.15, 0.2) is 0 Å². The Kier molecular flexibility index (Phi) is 3.76. The summed E-state index contributed by atoms with van der Waals surface area (Å²) in [6.45, 7) is 6.40. The number of halogens is 1. The topological polar surface area (TPSA) is 20.2 Å². The second kappa shape index (κ2) is 4.70. The van der Waals surface area contributed by atoms with Crippen LogP contribution in [0.25, 0.3) is 0 Å². The van der Waals surface area contributed by atoms with Crippen LogP contribution in [0.5, 0.6) is 0 Å². The van der Waals surface area contributed by atoms with E-state index in [4.69, 9.17) is 0 Å². The molecule has 1 fully saturated rings. The van der Waals surface area contributed by atoms with Crippen LogP contribution in [0.4, 0.5) is 0 Å². The van der Waals surface area contributed by atoms with Crippen molar-refractivity contribution < 1.29 is 5.11 Å². The van der Waals surface area contributed by atoms with Crippen LogP contribution >= 0.6 is 15.9 Å². The Labute approximate surface area is 114 Å². The van der Waals surface area contributed by atoms with Gasteiger partial charge in [-0.05, 0) is 63.2 Å². The molecule has 0 aromatic heterocycles. The maximum absolute atomic E-state index is 10.2. The number of fused-ring (bicyclic) bond motifs is 1. The second-order valence-electron chi connectivity index (χ2n) is 6.78. The minimum Gasteiger partial charge on any atom is -0.390 e. The maximum Gasteiger partial charge on any atom is 0.0620 e. The molecule has 1 N–H and O–H groups in total. The molecule has 0 saturated heterocycles. The lowest BCUT2D eigenvalue weighted by molar-refractivity contribution is -0.0371. The van der Waals surface area contributed by atoms with E-state index in [0.717, 1.165) is 11.8 Å². The van der Waals surface area contributed by atoms with Crippen molar-refractivity contribution >= 4 is 15.9 Å². The van der Waals surface area contributed by atoms with Crippen LogP contribution in [-0.4, -0.2) is 16.0 Å². The molecule has 17 heavy (non-hydrogen) atoms. The summed E-state index contributed by atoms with van der Waals surface area (Å²) >= 11 is 3.64. The molecule has 0 unspecified atom stereocenters. The Morgan fingerprint density at radius 1 is 1.47 bits per heavy atom. The average Bonchev–Trinajstić information content (AvgIpc) is 2.25. The van der Waals surface area contributed by atoms with Gasteiger partial charge in [0.05, 0.1) is 5.60 Å². The van der Waals surface area contributed by atoms with Gasteiger partial charge in [0.25, 0.3) is 0 Å². The molecule has 0 aromatic carbocycles. The van der Waals surface area contributed by atoms with Crippen molar-refractivity contribution in [1.82, 2.24) is 0 Å². The Morgan fingerprint density at radius 2 is 2.18 bits per heavy atom. The van der Waals surface area contributed by atoms with Crippen LogP contribution in [0, 0.1) is 17.3 Å². The molecule has 0 heterocycles. The highest BCUT2D eigenvalue weighted by Crippen LogP contribution is 2.53. The highest BCUT2D eigenvalue weighted by Gasteiger charge is 2.45. The zero-order valence-electron chi connectivity index (χ0n) is 11.3. The van der Waals surface area contributed by atoms with Gasteiger partial charge >= 0.3 is 0 Å². The van der Waals surface area contributed by atoms with E-state index >= 15 is 0 Å². The Balaban J connectivity index is 2.20. The summed E-state index contributed by atoms with van der Waals surface area (Å²) in [4.78, 5) is 0. The van der Waals surface area contributed by atoms with E-state index in [1.165, 1.54) is 25.7 Å². The zero-order chi connectivity index (χ0) is 12.7. The fourth-order valence-electron chi connectivity index (χ4n) is 3.78. The number of rotatable bonds is 2. The van der Waals surface area contributed by atoms with Gasteiger partial charge in [-0.3, -0.25) is 0 Å². The summed E-state index contributed by atoms with van der Waals surface area (Å²) < 4.78 is 0. The lowest BCUT2D eigenvalue weighted by Gasteiger charge is -2.50. The lowest BCUT2D eigenvalue weighted by Crippen LogP contribution is -2.43. The van der Waals surface area contributed by atoms with Crippen molar-refractivity contribution in [2.45, 2.75) is 58.5 Å². The smallest absolute Gasteiger partial charge is 0.0620 e. The van der Waals surface area contributed by atoms with E-state index < -0.39 is 5.60 Å². The lowest BCUT2D eigenvalue weighted by atomic mass is 9.56. The molecule has 98 valence electrons. The van der Waals surface area contributed by atoms with E-state index in [0.29, 0.717) is 17.3 Å². The van der Waals surface area contributed by atoms with Gasteiger partial charge in [-0.2, -0.15) is 0 Å². The van der Waals surface area contributed by atoms with Gasteiger partial charge in [0.2, 0.25) is 0 Å². The summed E-state index contributed by atoms with van der Waals surface area (Å²) in [6.07, 6.45) is 8.61. The molecule has 0 aromatic rings. The summed E-state index contributed by atoms with van der Waals surface area (Å²) in [5, 5.41) is 11.3. The fraction of sp³-hybridized carbons (Fsp3) is 0.867. The predicted octanol–water partition coefficient (Wildman–Crippen LogP) is 4.30. The molecular formula is C15H25BrO. The van der Waals surface area contributed by atoms with Gasteiger partial charge in [-0.25, -0.2) is 0 Å². The standard InChI is InChI=1S/C15H25BrO/c1-14(2,17)12-6-8-15(3)7-4-5-11(10-16)13(15)9-12/h5,12-13,17H,4,6-10H2,1-3H3/t12-,13+,15-/m1/s1. The van der Waals surface area contributed by atoms with E-state index in [1.54, 1.807) is 5.57 Å². The first-order valence-corrected chi connectivity index (χ1v) is 7.96. The van der Waals surface area contributed by atoms with Crippen LogP contribution in [0.2, 0.25) is 0 Å². The number of hydrogen-bond acceptors (Lipinski definition) is 1. The number of aliphatic hydroxyl groups is 1. The molecule has 2 heteroatoms. The van der Waals surface area contributed by atoms with Crippen molar-refractivity contribution in [2.24, 2.45) is 17.3 Å². The molecule has 0 aliphatic heterocycles. The Hall–Kier alpha value is 0.180. The van der Waals surface area contributed by atoms with Crippen molar-refractivity contribution in [3.05, 3.63) is 11.6 Å². The molecule has 0 radical (unpaired) electrons. The zero-order valence-corrected chi connectivity index (χ0v) is 12.9. The first-order chi connectivity index (χ1) is 7.87. The first-order valence-electron chi connectivity index (χ1n) is 6.84. The first kappa shape index (κ1) is 13.6. The molecule has 2 rings (SSSR count). The Morgan fingerprint density at radius 3 is 2.76 bits per heavy atom. The van der Waals surface area contributed by atoms with E-state index in [1.807, 2.05) is 13.8 Å². The van der Waals surface area contributed by atoms with Gasteiger partial charge in [-0.15, -0.1) is 0 Å². The van der Waals surface area contributed by atoms with E-state index in [9.17, 15) is 5.11 Å². The minimum absolute atomic E-state index is 0.459. The molecular weight excluding hydrogens is 276 g/mol. The highest BCUT2D eigenvalue weighted by molar-refractivity contribution is 9.09. The van der Waals surface area contributed by atoms with E-state index in [2.05, 4.69) is 28.9 Å². The van der Waals surface area contributed by atoms with Crippen molar-refractivity contribution in [2.75, 3.05) is 5.33 Å². The van der Waals surface area contributed by atoms with E-state index in [-0.39, 0.29) is 0 Å². The van der Waals surface area contributed by atoms with Crippen LogP contribution < -0.4 is 0 Å². The molecule has 0 amide bonds. The van der Waals surface area contributed by atoms with Crippen molar-refractivity contribution in [3.63, 3.8) is 0 Å². The van der Waals surface area contributed by atoms with Crippen LogP contribution in [0.1, 0.15) is 52.9 Å². The summed E-state index contributed by atoms with van der Waals surface area (Å²) in [5.41, 5.74) is 1.54. The minimum atomic E-state index is -0.518. The molecule has 3 atom stereocenters. The van der Waals surface area contributed by atoms with Crippen LogP contribution in [0.3, 0.4) is 0 Å². The highest BCUT2D eigenvalue weighted by atomic mass is 79.9. The fourth-order valence-corrected chi connectivity index (χ4v) is 4.40. The molecule has 2 aliphatic rings. The molecule has 1 nitrogen and oxygen atoms in total. The third-order valence-electron chi connectivity index (χ3n) is 5.15. The summed E-state index contributed by atoms with van der Waals surface area (Å²) in [6, 6.07) is 0. The van der Waals surface area contributed by atoms with Crippen LogP contribution in [-0.2, 0) is 0 Å². The molecule has 2 aliphatic carbocycles. The van der Waals surface area contributed by atoms with Crippen molar-refractivity contribution in [1.29, 1.82) is 0 Å². The van der Waals surface area contributed by atoms with Crippen LogP contribution in [0.15, 0.2) is 11.6 Å². The monoisotopic (exact) mass is 300 g/mol. The third-order valence-corrected chi connectivity index (χ3v) is 5.80. The quantitative estimate of drug-likeness (QED) is 0.596. The largest absolute Gasteiger partial charge is 0.390 e. The number of hydrogen-bond donors (Lipinski definition) is 1. The normalized spacial score (nSPS) is 38.5. The second-order valence-corrected chi connectivity index (χ2v) is 7.34. The Bertz CT molecular complexity index is 315. The van der Waals surface area contributed by atoms with Gasteiger partial charge in [-0.1, -0.05) is 34.5 Å². The van der Waals surface area contributed by atoms with Gasteiger partial charge in [0.1, 0.15) is 0 Å². The molecule has 0 spiro atoms. The number of alkyl halides is 1. The number of allylic oxidation sites excluding steroid dienone is 2. The third kappa shape index (κ3) is 2.63. The summed E-state index contributed by atoms with van der Waals surface area (Å²) in [7, 11) is 0. The van der Waals surface area contributed by atoms with Gasteiger partial charge < -0.3 is 5.11 Å². The van der Waals surface area contributed by atoms with Gasteiger partial charge in [0, 0.05) is 5.33 Å². The van der Waals surface area contributed by atoms with Crippen molar-refractivity contribution in [3.8, 4) is 0 Å². The average molecular weight is 301 g/mol. The summed E-state index contributed by atoms with van der Waals surface area (Å²) in [5.74, 6) is 1.14. The predicted molar refractivity (Wildman–Crippen MR) is 76.3 cm³/mol. The molecule has 0 bridgehead atoms. The maximum atomic E-state index is 10.2. The SMILES string of the molecule is CC(C)(O)[C@@H]1CC[C@@]2(C)CCC=C(CBr)[C@@H]2C1. The molecule has 1 saturated carbocycles.